The van der Waals surface area contributed by atoms with Crippen molar-refractivity contribution >= 4 is 46.6 Å². The number of carboxylic acids is 1. The van der Waals surface area contributed by atoms with Gasteiger partial charge in [-0.2, -0.15) is 0 Å². The highest BCUT2D eigenvalue weighted by atomic mass is 16.6. The normalized spacial score (nSPS) is 13.7. The number of carbonyl (C=O) groups is 6. The van der Waals surface area contributed by atoms with Gasteiger partial charge in [0, 0.05) is 42.9 Å². The zero-order chi connectivity index (χ0) is 38.6. The molecule has 282 valence electrons. The lowest BCUT2D eigenvalue weighted by Gasteiger charge is -2.26. The van der Waals surface area contributed by atoms with E-state index >= 15 is 0 Å². The molecule has 0 spiro atoms. The number of phenols is 1. The first kappa shape index (κ1) is 40.8. The van der Waals surface area contributed by atoms with Gasteiger partial charge < -0.3 is 46.5 Å². The highest BCUT2D eigenvalue weighted by Crippen LogP contribution is 2.20. The van der Waals surface area contributed by atoms with Crippen molar-refractivity contribution in [2.75, 3.05) is 6.54 Å². The predicted octanol–water partition coefficient (Wildman–Crippen LogP) is 2.66. The molecule has 3 rings (SSSR count). The molecule has 2 aromatic carbocycles. The maximum Gasteiger partial charge on any atom is 0.408 e. The van der Waals surface area contributed by atoms with Gasteiger partial charge in [0.2, 0.25) is 23.6 Å². The van der Waals surface area contributed by atoms with Crippen molar-refractivity contribution in [3.05, 3.63) is 65.9 Å². The minimum Gasteiger partial charge on any atom is -0.508 e. The highest BCUT2D eigenvalue weighted by molar-refractivity contribution is 5.94. The van der Waals surface area contributed by atoms with E-state index in [1.807, 2.05) is 38.1 Å². The van der Waals surface area contributed by atoms with Crippen LogP contribution in [0.2, 0.25) is 0 Å². The average molecular weight is 723 g/mol. The minimum absolute atomic E-state index is 0.00617. The number of aromatic nitrogens is 1. The Morgan fingerprint density at radius 3 is 2.08 bits per heavy atom. The van der Waals surface area contributed by atoms with E-state index in [0.29, 0.717) is 5.56 Å². The van der Waals surface area contributed by atoms with Crippen LogP contribution in [-0.4, -0.2) is 87.2 Å². The second-order valence-corrected chi connectivity index (χ2v) is 14.1. The number of carbonyl (C=O) groups excluding carboxylic acids is 5. The molecule has 52 heavy (non-hydrogen) atoms. The van der Waals surface area contributed by atoms with E-state index in [9.17, 15) is 39.0 Å². The van der Waals surface area contributed by atoms with Gasteiger partial charge in [-0.3, -0.25) is 19.2 Å². The second kappa shape index (κ2) is 18.6. The lowest BCUT2D eigenvalue weighted by atomic mass is 10.0. The summed E-state index contributed by atoms with van der Waals surface area (Å²) < 4.78 is 5.35. The zero-order valence-electron chi connectivity index (χ0n) is 30.4. The number of amides is 5. The molecule has 0 bridgehead atoms. The summed E-state index contributed by atoms with van der Waals surface area (Å²) in [4.78, 5) is 80.2. The molecular weight excluding hydrogens is 672 g/mol. The Kier molecular flexibility index (Phi) is 14.6. The van der Waals surface area contributed by atoms with Gasteiger partial charge in [0.15, 0.2) is 0 Å². The Bertz CT molecular complexity index is 1710. The summed E-state index contributed by atoms with van der Waals surface area (Å²) in [6.07, 6.45) is 1.05. The maximum absolute atomic E-state index is 13.7. The molecule has 8 N–H and O–H groups in total. The number of ether oxygens (including phenoxy) is 1. The SMILES string of the molecule is CC(C)C[C@H](NC(=O)OC(C)(C)C)C(=O)N[C@@H](Cc1c[nH]c2ccccc12)C(=O)N[C@@H](C)C(=O)NCCC(=O)N[C@@H](Cc1ccc(O)cc1)C(=O)O. The fourth-order valence-corrected chi connectivity index (χ4v) is 5.32. The van der Waals surface area contributed by atoms with Gasteiger partial charge in [0.05, 0.1) is 0 Å². The number of phenolic OH excluding ortho intramolecular Hbond substituents is 1. The number of aromatic amines is 1. The molecule has 5 amide bonds. The van der Waals surface area contributed by atoms with Crippen molar-refractivity contribution in [1.82, 2.24) is 31.6 Å². The Morgan fingerprint density at radius 1 is 0.788 bits per heavy atom. The summed E-state index contributed by atoms with van der Waals surface area (Å²) in [5.41, 5.74) is 1.37. The number of alkyl carbamates (subject to hydrolysis) is 1. The number of rotatable bonds is 17. The van der Waals surface area contributed by atoms with Crippen molar-refractivity contribution in [2.24, 2.45) is 5.92 Å². The number of fused-ring (bicyclic) bond motifs is 1. The van der Waals surface area contributed by atoms with Gasteiger partial charge in [0.25, 0.3) is 0 Å². The van der Waals surface area contributed by atoms with Crippen molar-refractivity contribution in [3.8, 4) is 5.75 Å². The number of hydrogen-bond acceptors (Lipinski definition) is 8. The van der Waals surface area contributed by atoms with Crippen LogP contribution in [-0.2, 0) is 41.6 Å². The van der Waals surface area contributed by atoms with Crippen LogP contribution in [0, 0.1) is 5.92 Å². The molecule has 0 aliphatic heterocycles. The van der Waals surface area contributed by atoms with Gasteiger partial charge >= 0.3 is 12.1 Å². The third-order valence-electron chi connectivity index (χ3n) is 7.86. The first-order valence-corrected chi connectivity index (χ1v) is 17.1. The van der Waals surface area contributed by atoms with E-state index in [2.05, 4.69) is 31.6 Å². The number of H-pyrrole nitrogens is 1. The van der Waals surface area contributed by atoms with Crippen LogP contribution in [0.5, 0.6) is 5.75 Å². The van der Waals surface area contributed by atoms with Crippen LogP contribution < -0.4 is 26.6 Å². The number of benzene rings is 2. The molecule has 15 heteroatoms. The van der Waals surface area contributed by atoms with Crippen LogP contribution in [0.25, 0.3) is 10.9 Å². The van der Waals surface area contributed by atoms with Crippen LogP contribution in [0.15, 0.2) is 54.7 Å². The minimum atomic E-state index is -1.24. The molecule has 1 heterocycles. The molecule has 0 saturated heterocycles. The quantitative estimate of drug-likeness (QED) is 0.102. The van der Waals surface area contributed by atoms with Crippen LogP contribution in [0.3, 0.4) is 0 Å². The summed E-state index contributed by atoms with van der Waals surface area (Å²) in [5, 5.41) is 32.8. The Hall–Kier alpha value is -5.60. The number of para-hydroxylation sites is 1. The molecular formula is C37H50N6O9. The van der Waals surface area contributed by atoms with E-state index in [-0.39, 0.29) is 43.9 Å². The van der Waals surface area contributed by atoms with E-state index in [1.54, 1.807) is 39.1 Å². The summed E-state index contributed by atoms with van der Waals surface area (Å²) >= 11 is 0. The van der Waals surface area contributed by atoms with Crippen molar-refractivity contribution in [1.29, 1.82) is 0 Å². The third-order valence-corrected chi connectivity index (χ3v) is 7.86. The fraction of sp³-hybridized carbons (Fsp3) is 0.459. The summed E-state index contributed by atoms with van der Waals surface area (Å²) in [5.74, 6) is -3.69. The van der Waals surface area contributed by atoms with Gasteiger partial charge in [-0.05, 0) is 69.4 Å². The van der Waals surface area contributed by atoms with E-state index < -0.39 is 65.5 Å². The van der Waals surface area contributed by atoms with Gasteiger partial charge in [-0.25, -0.2) is 9.59 Å². The molecule has 1 aromatic heterocycles. The van der Waals surface area contributed by atoms with Gasteiger partial charge in [0.1, 0.15) is 35.5 Å². The molecule has 0 aliphatic rings. The molecule has 0 fully saturated rings. The lowest BCUT2D eigenvalue weighted by molar-refractivity contribution is -0.141. The van der Waals surface area contributed by atoms with Crippen molar-refractivity contribution in [3.63, 3.8) is 0 Å². The fourth-order valence-electron chi connectivity index (χ4n) is 5.32. The Morgan fingerprint density at radius 2 is 1.44 bits per heavy atom. The zero-order valence-corrected chi connectivity index (χ0v) is 30.4. The number of carboxylic acid groups (broad SMARTS) is 1. The highest BCUT2D eigenvalue weighted by Gasteiger charge is 2.31. The molecule has 0 saturated carbocycles. The summed E-state index contributed by atoms with van der Waals surface area (Å²) in [6.45, 7) is 10.2. The first-order chi connectivity index (χ1) is 24.4. The van der Waals surface area contributed by atoms with Crippen molar-refractivity contribution < 1.29 is 43.7 Å². The Labute approximate surface area is 302 Å². The molecule has 4 atom stereocenters. The monoisotopic (exact) mass is 722 g/mol. The largest absolute Gasteiger partial charge is 0.508 e. The molecule has 3 aromatic rings. The standard InChI is InChI=1S/C37H50N6O9/c1-21(2)17-28(43-36(51)52-37(4,5)6)34(48)42-29(19-24-20-39-27-10-8-7-9-26(24)27)33(47)40-22(3)32(46)38-16-15-31(45)41-30(35(49)50)18-23-11-13-25(44)14-12-23/h7-14,20-22,28-30,39,44H,15-19H2,1-6H3,(H,38,46)(H,40,47)(H,41,45)(H,42,48)(H,43,51)(H,49,50)/t22-,28-,29-,30-/m0/s1. The number of aliphatic carboxylic acids is 1. The van der Waals surface area contributed by atoms with Gasteiger partial charge in [-0.15, -0.1) is 0 Å². The smallest absolute Gasteiger partial charge is 0.408 e. The summed E-state index contributed by atoms with van der Waals surface area (Å²) in [7, 11) is 0. The molecule has 0 unspecified atom stereocenters. The molecule has 15 nitrogen and oxygen atoms in total. The van der Waals surface area contributed by atoms with Crippen LogP contribution >= 0.6 is 0 Å². The van der Waals surface area contributed by atoms with Crippen LogP contribution in [0.1, 0.15) is 65.5 Å². The van der Waals surface area contributed by atoms with E-state index in [0.717, 1.165) is 16.5 Å². The maximum atomic E-state index is 13.7. The van der Waals surface area contributed by atoms with E-state index in [4.69, 9.17) is 4.74 Å². The second-order valence-electron chi connectivity index (χ2n) is 14.1. The van der Waals surface area contributed by atoms with Gasteiger partial charge in [-0.1, -0.05) is 44.2 Å². The lowest BCUT2D eigenvalue weighted by Crippen LogP contribution is -2.57. The number of aromatic hydroxyl groups is 1. The van der Waals surface area contributed by atoms with E-state index in [1.165, 1.54) is 19.1 Å². The van der Waals surface area contributed by atoms with Crippen LogP contribution in [0.4, 0.5) is 4.79 Å². The topological polar surface area (TPSA) is 228 Å². The third kappa shape index (κ3) is 13.3. The molecule has 0 aliphatic carbocycles. The Balaban J connectivity index is 1.65. The predicted molar refractivity (Wildman–Crippen MR) is 193 cm³/mol. The van der Waals surface area contributed by atoms with Crippen molar-refractivity contribution in [2.45, 2.75) is 97.0 Å². The number of hydrogen-bond donors (Lipinski definition) is 8. The molecule has 0 radical (unpaired) electrons. The first-order valence-electron chi connectivity index (χ1n) is 17.1. The number of nitrogens with one attached hydrogen (secondary N) is 6. The average Bonchev–Trinajstić information content (AvgIpc) is 3.46. The summed E-state index contributed by atoms with van der Waals surface area (Å²) in [6, 6.07) is 8.92.